The number of Topliss-reactive ketones (excluding diaryl/α,β-unsaturated/α-hetero) is 1. The molecule has 0 aromatic heterocycles. The number of allylic oxidation sites excluding steroid dienone is 1. The second kappa shape index (κ2) is 6.42. The van der Waals surface area contributed by atoms with Crippen LogP contribution in [0.15, 0.2) is 47.7 Å². The van der Waals surface area contributed by atoms with Crippen molar-refractivity contribution in [3.63, 3.8) is 0 Å². The monoisotopic (exact) mass is 380 g/mol. The highest BCUT2D eigenvalue weighted by molar-refractivity contribution is 6.30. The quantitative estimate of drug-likeness (QED) is 0.620. The number of nitrogens with one attached hydrogen (secondary N) is 2. The van der Waals surface area contributed by atoms with Gasteiger partial charge < -0.3 is 10.6 Å². The molecule has 140 valence electrons. The standard InChI is InChI=1S/C23H25ClN2O/c1-13-8-17-18(9-14(13)2)26-22(15-6-5-7-16(24)10-15)21-19(25-17)11-23(3,4)12-20(21)27/h5-10,22,25-26H,11-12H2,1-4H3/t22-/m0/s1. The molecule has 2 aromatic rings. The third-order valence-electron chi connectivity index (χ3n) is 5.61. The van der Waals surface area contributed by atoms with Crippen LogP contribution in [-0.2, 0) is 4.79 Å². The number of hydrogen-bond acceptors (Lipinski definition) is 3. The summed E-state index contributed by atoms with van der Waals surface area (Å²) in [7, 11) is 0. The average Bonchev–Trinajstić information content (AvgIpc) is 2.71. The van der Waals surface area contributed by atoms with Gasteiger partial charge in [0.15, 0.2) is 5.78 Å². The number of rotatable bonds is 1. The van der Waals surface area contributed by atoms with Crippen LogP contribution < -0.4 is 10.6 Å². The van der Waals surface area contributed by atoms with Crippen LogP contribution in [0.1, 0.15) is 49.4 Å². The normalized spacial score (nSPS) is 20.9. The number of halogens is 1. The van der Waals surface area contributed by atoms with Crippen molar-refractivity contribution in [3.8, 4) is 0 Å². The third kappa shape index (κ3) is 3.37. The van der Waals surface area contributed by atoms with Crippen molar-refractivity contribution in [2.24, 2.45) is 5.41 Å². The molecule has 0 spiro atoms. The predicted octanol–water partition coefficient (Wildman–Crippen LogP) is 6.18. The van der Waals surface area contributed by atoms with Gasteiger partial charge >= 0.3 is 0 Å². The molecule has 0 radical (unpaired) electrons. The van der Waals surface area contributed by atoms with Crippen molar-refractivity contribution in [1.29, 1.82) is 0 Å². The number of hydrogen-bond donors (Lipinski definition) is 2. The molecule has 0 amide bonds. The molecule has 0 saturated carbocycles. The maximum absolute atomic E-state index is 13.2. The maximum atomic E-state index is 13.2. The minimum absolute atomic E-state index is 0.0496. The number of aryl methyl sites for hydroxylation is 2. The predicted molar refractivity (Wildman–Crippen MR) is 112 cm³/mol. The Bertz CT molecular complexity index is 974. The topological polar surface area (TPSA) is 41.1 Å². The van der Waals surface area contributed by atoms with Gasteiger partial charge in [0.2, 0.25) is 0 Å². The lowest BCUT2D eigenvalue weighted by Gasteiger charge is -2.34. The van der Waals surface area contributed by atoms with Crippen LogP contribution in [0, 0.1) is 19.3 Å². The fraction of sp³-hybridized carbons (Fsp3) is 0.348. The second-order valence-corrected chi connectivity index (χ2v) is 9.01. The number of carbonyl (C=O) groups excluding carboxylic acids is 1. The SMILES string of the molecule is Cc1cc2c(cc1C)N[C@@H](c1cccc(Cl)c1)C1=C(CC(C)(C)CC1=O)N2. The van der Waals surface area contributed by atoms with Crippen molar-refractivity contribution < 1.29 is 4.79 Å². The van der Waals surface area contributed by atoms with Gasteiger partial charge in [-0.1, -0.05) is 37.6 Å². The fourth-order valence-corrected chi connectivity index (χ4v) is 4.35. The Kier molecular flexibility index (Phi) is 4.31. The molecule has 27 heavy (non-hydrogen) atoms. The largest absolute Gasteiger partial charge is 0.372 e. The zero-order valence-electron chi connectivity index (χ0n) is 16.2. The van der Waals surface area contributed by atoms with E-state index in [1.165, 1.54) is 11.1 Å². The first-order chi connectivity index (χ1) is 12.7. The highest BCUT2D eigenvalue weighted by Crippen LogP contribution is 2.46. The van der Waals surface area contributed by atoms with E-state index in [2.05, 4.69) is 50.5 Å². The van der Waals surface area contributed by atoms with Gasteiger partial charge in [-0.25, -0.2) is 0 Å². The first kappa shape index (κ1) is 18.1. The summed E-state index contributed by atoms with van der Waals surface area (Å²) in [5.41, 5.74) is 7.32. The molecule has 1 aliphatic heterocycles. The smallest absolute Gasteiger partial charge is 0.163 e. The second-order valence-electron chi connectivity index (χ2n) is 8.57. The minimum Gasteiger partial charge on any atom is -0.372 e. The summed E-state index contributed by atoms with van der Waals surface area (Å²) >= 11 is 6.26. The van der Waals surface area contributed by atoms with Gasteiger partial charge in [-0.05, 0) is 66.6 Å². The average molecular weight is 381 g/mol. The number of fused-ring (bicyclic) bond motifs is 1. The van der Waals surface area contributed by atoms with Crippen LogP contribution in [0.2, 0.25) is 5.02 Å². The van der Waals surface area contributed by atoms with Gasteiger partial charge in [0.1, 0.15) is 0 Å². The number of benzene rings is 2. The zero-order valence-corrected chi connectivity index (χ0v) is 17.0. The van der Waals surface area contributed by atoms with Crippen molar-refractivity contribution in [2.75, 3.05) is 10.6 Å². The van der Waals surface area contributed by atoms with Crippen molar-refractivity contribution >= 4 is 28.8 Å². The summed E-state index contributed by atoms with van der Waals surface area (Å²) in [6, 6.07) is 11.9. The lowest BCUT2D eigenvalue weighted by Crippen LogP contribution is -2.31. The van der Waals surface area contributed by atoms with Crippen LogP contribution in [-0.4, -0.2) is 5.78 Å². The van der Waals surface area contributed by atoms with Crippen molar-refractivity contribution in [2.45, 2.75) is 46.6 Å². The Labute approximate surface area is 165 Å². The van der Waals surface area contributed by atoms with E-state index in [1.54, 1.807) is 0 Å². The number of anilines is 2. The van der Waals surface area contributed by atoms with Gasteiger partial charge in [0.25, 0.3) is 0 Å². The first-order valence-corrected chi connectivity index (χ1v) is 9.78. The van der Waals surface area contributed by atoms with Crippen molar-refractivity contribution in [3.05, 3.63) is 69.4 Å². The highest BCUT2D eigenvalue weighted by Gasteiger charge is 2.38. The molecule has 2 aliphatic rings. The van der Waals surface area contributed by atoms with E-state index >= 15 is 0 Å². The number of ketones is 1. The Hall–Kier alpha value is -2.26. The lowest BCUT2D eigenvalue weighted by atomic mass is 9.73. The van der Waals surface area contributed by atoms with E-state index in [1.807, 2.05) is 24.3 Å². The van der Waals surface area contributed by atoms with Crippen LogP contribution in [0.5, 0.6) is 0 Å². The molecule has 0 saturated heterocycles. The molecule has 4 rings (SSSR count). The molecule has 0 unspecified atom stereocenters. The lowest BCUT2D eigenvalue weighted by molar-refractivity contribution is -0.118. The van der Waals surface area contributed by atoms with Gasteiger partial charge in [-0.2, -0.15) is 0 Å². The summed E-state index contributed by atoms with van der Waals surface area (Å²) in [5, 5.41) is 7.90. The summed E-state index contributed by atoms with van der Waals surface area (Å²) in [4.78, 5) is 13.2. The molecular weight excluding hydrogens is 356 g/mol. The third-order valence-corrected chi connectivity index (χ3v) is 5.85. The van der Waals surface area contributed by atoms with E-state index in [9.17, 15) is 4.79 Å². The van der Waals surface area contributed by atoms with E-state index < -0.39 is 0 Å². The van der Waals surface area contributed by atoms with Crippen LogP contribution in [0.3, 0.4) is 0 Å². The molecule has 1 atom stereocenters. The molecule has 3 nitrogen and oxygen atoms in total. The van der Waals surface area contributed by atoms with Gasteiger partial charge in [-0.3, -0.25) is 4.79 Å². The summed E-state index contributed by atoms with van der Waals surface area (Å²) in [6.45, 7) is 8.54. The van der Waals surface area contributed by atoms with E-state index in [-0.39, 0.29) is 17.2 Å². The Morgan fingerprint density at radius 1 is 1.04 bits per heavy atom. The highest BCUT2D eigenvalue weighted by atomic mass is 35.5. The molecule has 0 bridgehead atoms. The Balaban J connectivity index is 1.91. The van der Waals surface area contributed by atoms with E-state index in [0.717, 1.165) is 34.6 Å². The Morgan fingerprint density at radius 3 is 2.44 bits per heavy atom. The molecule has 1 heterocycles. The molecule has 1 aliphatic carbocycles. The van der Waals surface area contributed by atoms with Crippen LogP contribution >= 0.6 is 11.6 Å². The molecule has 2 N–H and O–H groups in total. The number of carbonyl (C=O) groups is 1. The zero-order chi connectivity index (χ0) is 19.3. The van der Waals surface area contributed by atoms with Gasteiger partial charge in [0.05, 0.1) is 17.4 Å². The summed E-state index contributed by atoms with van der Waals surface area (Å²) in [5.74, 6) is 0.201. The van der Waals surface area contributed by atoms with Crippen LogP contribution in [0.4, 0.5) is 11.4 Å². The van der Waals surface area contributed by atoms with E-state index in [4.69, 9.17) is 11.6 Å². The van der Waals surface area contributed by atoms with Gasteiger partial charge in [0, 0.05) is 22.7 Å². The molecular formula is C23H25ClN2O. The first-order valence-electron chi connectivity index (χ1n) is 9.40. The van der Waals surface area contributed by atoms with Gasteiger partial charge in [-0.15, -0.1) is 0 Å². The molecule has 2 aromatic carbocycles. The fourth-order valence-electron chi connectivity index (χ4n) is 4.15. The Morgan fingerprint density at radius 2 is 1.74 bits per heavy atom. The summed E-state index contributed by atoms with van der Waals surface area (Å²) in [6.07, 6.45) is 1.40. The molecule has 0 fully saturated rings. The van der Waals surface area contributed by atoms with Crippen LogP contribution in [0.25, 0.3) is 0 Å². The summed E-state index contributed by atoms with van der Waals surface area (Å²) < 4.78 is 0. The van der Waals surface area contributed by atoms with E-state index in [0.29, 0.717) is 11.4 Å². The van der Waals surface area contributed by atoms with Crippen molar-refractivity contribution in [1.82, 2.24) is 0 Å². The maximum Gasteiger partial charge on any atom is 0.163 e. The minimum atomic E-state index is -0.210. The molecule has 4 heteroatoms.